The molecule has 24 heavy (non-hydrogen) atoms. The third kappa shape index (κ3) is 5.54. The molecule has 1 aromatic heterocycles. The Balaban J connectivity index is 3.64. The highest BCUT2D eigenvalue weighted by Crippen LogP contribution is 1.99. The van der Waals surface area contributed by atoms with Crippen molar-refractivity contribution in [2.24, 2.45) is 0 Å². The van der Waals surface area contributed by atoms with Gasteiger partial charge in [0.25, 0.3) is 0 Å². The zero-order chi connectivity index (χ0) is 18.4. The van der Waals surface area contributed by atoms with Gasteiger partial charge in [-0.25, -0.2) is 28.1 Å². The van der Waals surface area contributed by atoms with Gasteiger partial charge in [-0.2, -0.15) is 0 Å². The van der Waals surface area contributed by atoms with Gasteiger partial charge in [-0.05, 0) is 20.8 Å². The van der Waals surface area contributed by atoms with Gasteiger partial charge in [0.1, 0.15) is 0 Å². The van der Waals surface area contributed by atoms with Crippen molar-refractivity contribution >= 4 is 34.8 Å². The summed E-state index contributed by atoms with van der Waals surface area (Å²) in [6, 6.07) is 0. The Morgan fingerprint density at radius 1 is 0.667 bits per heavy atom. The topological polar surface area (TPSA) is 66.0 Å². The van der Waals surface area contributed by atoms with Crippen molar-refractivity contribution in [3.05, 3.63) is 64.8 Å². The Bertz CT molecular complexity index is 716. The predicted molar refractivity (Wildman–Crippen MR) is 98.1 cm³/mol. The van der Waals surface area contributed by atoms with Gasteiger partial charge in [-0.1, -0.05) is 53.0 Å². The second kappa shape index (κ2) is 9.11. The van der Waals surface area contributed by atoms with Crippen molar-refractivity contribution in [1.29, 1.82) is 0 Å². The highest BCUT2D eigenvalue weighted by Gasteiger charge is 2.13. The highest BCUT2D eigenvalue weighted by atomic mass is 35.5. The molecule has 0 aromatic carbocycles. The van der Waals surface area contributed by atoms with Crippen LogP contribution in [0.2, 0.25) is 0 Å². The van der Waals surface area contributed by atoms with Crippen molar-refractivity contribution in [3.63, 3.8) is 0 Å². The van der Waals surface area contributed by atoms with Crippen molar-refractivity contribution in [2.45, 2.75) is 40.4 Å². The van der Waals surface area contributed by atoms with Gasteiger partial charge in [-0.3, -0.25) is 0 Å². The summed E-state index contributed by atoms with van der Waals surface area (Å²) in [7, 11) is 0. The lowest BCUT2D eigenvalue weighted by molar-refractivity contribution is 0.500. The summed E-state index contributed by atoms with van der Waals surface area (Å²) in [6.07, 6.45) is 4.53. The number of nitrogens with zero attached hydrogens (tertiary/aromatic N) is 3. The molecule has 0 fully saturated rings. The summed E-state index contributed by atoms with van der Waals surface area (Å²) in [5, 5.41) is 1.29. The number of rotatable bonds is 6. The number of hydrogen-bond donors (Lipinski definition) is 0. The molecule has 0 amide bonds. The van der Waals surface area contributed by atoms with Crippen LogP contribution >= 0.6 is 34.8 Å². The molecule has 0 aliphatic rings. The smallest absolute Gasteiger partial charge is 0.247 e. The standard InChI is InChI=1S/C15H18Cl3N3O3/c1-10(16)4-7-19-13(22)20(8-5-11(2)17)15(24)21(14(19)23)9-6-12(3)18/h4-6H,7-9H2,1-3H3. The Labute approximate surface area is 153 Å². The first-order valence-corrected chi connectivity index (χ1v) is 8.19. The lowest BCUT2D eigenvalue weighted by atomic mass is 10.4. The molecule has 0 bridgehead atoms. The van der Waals surface area contributed by atoms with Crippen LogP contribution < -0.4 is 17.1 Å². The van der Waals surface area contributed by atoms with Gasteiger partial charge < -0.3 is 0 Å². The monoisotopic (exact) mass is 393 g/mol. The first-order chi connectivity index (χ1) is 11.1. The van der Waals surface area contributed by atoms with E-state index in [1.807, 2.05) is 0 Å². The van der Waals surface area contributed by atoms with Crippen LogP contribution in [0.3, 0.4) is 0 Å². The Morgan fingerprint density at radius 3 is 1.04 bits per heavy atom. The van der Waals surface area contributed by atoms with E-state index in [0.29, 0.717) is 15.1 Å². The van der Waals surface area contributed by atoms with Crippen LogP contribution in [0, 0.1) is 0 Å². The predicted octanol–water partition coefficient (Wildman–Crippen LogP) is 2.60. The maximum atomic E-state index is 12.5. The van der Waals surface area contributed by atoms with Gasteiger partial charge in [0.05, 0.1) is 19.6 Å². The first kappa shape index (κ1) is 20.5. The maximum Gasteiger partial charge on any atom is 0.336 e. The number of hydrogen-bond acceptors (Lipinski definition) is 3. The van der Waals surface area contributed by atoms with E-state index in [2.05, 4.69) is 0 Å². The zero-order valence-electron chi connectivity index (χ0n) is 13.6. The van der Waals surface area contributed by atoms with E-state index in [1.54, 1.807) is 20.8 Å². The van der Waals surface area contributed by atoms with Crippen LogP contribution in [0.15, 0.2) is 47.7 Å². The van der Waals surface area contributed by atoms with Crippen molar-refractivity contribution in [2.75, 3.05) is 0 Å². The van der Waals surface area contributed by atoms with E-state index in [4.69, 9.17) is 34.8 Å². The van der Waals surface area contributed by atoms with Crippen molar-refractivity contribution in [1.82, 2.24) is 13.7 Å². The van der Waals surface area contributed by atoms with Gasteiger partial charge in [0, 0.05) is 15.1 Å². The second-order valence-electron chi connectivity index (χ2n) is 5.05. The summed E-state index contributed by atoms with van der Waals surface area (Å²) in [4.78, 5) is 37.4. The molecule has 0 unspecified atom stereocenters. The van der Waals surface area contributed by atoms with Crippen LogP contribution in [0.1, 0.15) is 20.8 Å². The Kier molecular flexibility index (Phi) is 7.79. The van der Waals surface area contributed by atoms with E-state index in [0.717, 1.165) is 13.7 Å². The normalized spacial score (nSPS) is 13.5. The molecule has 0 aliphatic carbocycles. The number of halogens is 3. The Morgan fingerprint density at radius 2 is 0.875 bits per heavy atom. The molecule has 1 rings (SSSR count). The van der Waals surface area contributed by atoms with E-state index >= 15 is 0 Å². The Hall–Kier alpha value is -1.50. The summed E-state index contributed by atoms with van der Waals surface area (Å²) in [5.74, 6) is 0. The van der Waals surface area contributed by atoms with Crippen molar-refractivity contribution < 1.29 is 0 Å². The number of aromatic nitrogens is 3. The molecule has 6 nitrogen and oxygen atoms in total. The van der Waals surface area contributed by atoms with Crippen LogP contribution in [0.5, 0.6) is 0 Å². The van der Waals surface area contributed by atoms with E-state index < -0.39 is 17.1 Å². The van der Waals surface area contributed by atoms with Gasteiger partial charge in [0.2, 0.25) is 0 Å². The van der Waals surface area contributed by atoms with E-state index in [-0.39, 0.29) is 19.6 Å². The molecule has 0 radical (unpaired) electrons. The lowest BCUT2D eigenvalue weighted by Crippen LogP contribution is -2.54. The van der Waals surface area contributed by atoms with E-state index in [1.165, 1.54) is 18.2 Å². The van der Waals surface area contributed by atoms with Gasteiger partial charge >= 0.3 is 17.1 Å². The van der Waals surface area contributed by atoms with Crippen LogP contribution in [0.4, 0.5) is 0 Å². The fourth-order valence-electron chi connectivity index (χ4n) is 1.80. The summed E-state index contributed by atoms with van der Waals surface area (Å²) < 4.78 is 2.80. The van der Waals surface area contributed by atoms with Crippen molar-refractivity contribution in [3.8, 4) is 0 Å². The second-order valence-corrected chi connectivity index (χ2v) is 6.84. The molecule has 0 atom stereocenters. The summed E-state index contributed by atoms with van der Waals surface area (Å²) in [6.45, 7) is 4.75. The molecular weight excluding hydrogens is 377 g/mol. The van der Waals surface area contributed by atoms with Crippen LogP contribution in [-0.4, -0.2) is 13.7 Å². The van der Waals surface area contributed by atoms with E-state index in [9.17, 15) is 14.4 Å². The molecule has 0 N–H and O–H groups in total. The third-order valence-corrected chi connectivity index (χ3v) is 3.51. The quantitative estimate of drug-likeness (QED) is 0.745. The minimum absolute atomic E-state index is 0.0412. The lowest BCUT2D eigenvalue weighted by Gasteiger charge is -2.11. The minimum atomic E-state index is -0.726. The first-order valence-electron chi connectivity index (χ1n) is 7.06. The van der Waals surface area contributed by atoms with Gasteiger partial charge in [-0.15, -0.1) is 0 Å². The molecule has 0 aliphatic heterocycles. The third-order valence-electron chi connectivity index (χ3n) is 3.05. The highest BCUT2D eigenvalue weighted by molar-refractivity contribution is 6.29. The number of allylic oxidation sites excluding steroid dienone is 6. The molecular formula is C15H18Cl3N3O3. The summed E-state index contributed by atoms with van der Waals surface area (Å²) >= 11 is 17.3. The average molecular weight is 395 g/mol. The zero-order valence-corrected chi connectivity index (χ0v) is 15.8. The molecule has 0 spiro atoms. The summed E-state index contributed by atoms with van der Waals surface area (Å²) in [5.41, 5.74) is -2.18. The fourth-order valence-corrected chi connectivity index (χ4v) is 2.01. The average Bonchev–Trinajstić information content (AvgIpc) is 2.45. The van der Waals surface area contributed by atoms with Gasteiger partial charge in [0.15, 0.2) is 0 Å². The minimum Gasteiger partial charge on any atom is -0.247 e. The molecule has 1 aromatic rings. The molecule has 132 valence electrons. The maximum absolute atomic E-state index is 12.5. The molecule has 0 saturated carbocycles. The molecule has 0 saturated heterocycles. The molecule has 1 heterocycles. The fraction of sp³-hybridized carbons (Fsp3) is 0.400. The van der Waals surface area contributed by atoms with Crippen LogP contribution in [-0.2, 0) is 19.6 Å². The largest absolute Gasteiger partial charge is 0.336 e. The van der Waals surface area contributed by atoms with Crippen LogP contribution in [0.25, 0.3) is 0 Å². The molecule has 9 heteroatoms. The SMILES string of the molecule is CC(Cl)=CCn1c(=O)n(CC=C(C)Cl)c(=O)n(CC=C(C)Cl)c1=O.